The van der Waals surface area contributed by atoms with Gasteiger partial charge in [0, 0.05) is 25.9 Å². The van der Waals surface area contributed by atoms with Crippen molar-refractivity contribution in [2.24, 2.45) is 11.8 Å². The molecule has 2 aliphatic rings. The third-order valence-electron chi connectivity index (χ3n) is 5.08. The van der Waals surface area contributed by atoms with E-state index < -0.39 is 23.9 Å². The fraction of sp³-hybridized carbons (Fsp3) is 0.526. The average Bonchev–Trinajstić information content (AvgIpc) is 3.03. The van der Waals surface area contributed by atoms with Gasteiger partial charge >= 0.3 is 6.09 Å². The molecule has 2 fully saturated rings. The first-order valence-corrected chi connectivity index (χ1v) is 9.21. The molecule has 9 heteroatoms. The zero-order valence-corrected chi connectivity index (χ0v) is 15.9. The number of Topliss-reactive ketones (excluding diaryl/α,β-unsaturated/α-hetero) is 1. The second-order valence-electron chi connectivity index (χ2n) is 7.28. The number of nitrogens with one attached hydrogen (secondary N) is 1. The molecule has 2 saturated heterocycles. The Balaban J connectivity index is 1.73. The minimum absolute atomic E-state index is 0.0131. The van der Waals surface area contributed by atoms with Crippen molar-refractivity contribution in [2.45, 2.75) is 20.0 Å². The van der Waals surface area contributed by atoms with E-state index in [-0.39, 0.29) is 43.8 Å². The second-order valence-corrected chi connectivity index (χ2v) is 7.28. The highest BCUT2D eigenvalue weighted by molar-refractivity contribution is 5.90. The van der Waals surface area contributed by atoms with E-state index >= 15 is 0 Å². The van der Waals surface area contributed by atoms with Crippen LogP contribution in [0.4, 0.5) is 20.6 Å². The van der Waals surface area contributed by atoms with E-state index in [1.807, 2.05) is 0 Å². The molecular formula is C19H24FN3O5. The van der Waals surface area contributed by atoms with Gasteiger partial charge in [-0.25, -0.2) is 9.18 Å². The normalized spacial score (nSPS) is 25.1. The van der Waals surface area contributed by atoms with Crippen molar-refractivity contribution in [3.8, 4) is 0 Å². The second kappa shape index (κ2) is 8.14. The third-order valence-corrected chi connectivity index (χ3v) is 5.08. The minimum Gasteiger partial charge on any atom is -0.442 e. The molecule has 152 valence electrons. The van der Waals surface area contributed by atoms with Crippen LogP contribution in [0.15, 0.2) is 18.2 Å². The van der Waals surface area contributed by atoms with Gasteiger partial charge in [0.05, 0.1) is 37.0 Å². The summed E-state index contributed by atoms with van der Waals surface area (Å²) in [6, 6.07) is 4.44. The maximum Gasteiger partial charge on any atom is 0.414 e. The molecule has 3 rings (SSSR count). The first kappa shape index (κ1) is 20.1. The van der Waals surface area contributed by atoms with Gasteiger partial charge in [0.15, 0.2) is 0 Å². The molecule has 2 aliphatic heterocycles. The molecule has 0 radical (unpaired) electrons. The van der Waals surface area contributed by atoms with Gasteiger partial charge in [-0.1, -0.05) is 6.92 Å². The van der Waals surface area contributed by atoms with Crippen LogP contribution in [0, 0.1) is 17.7 Å². The number of hydrogen-bond donors (Lipinski definition) is 2. The molecular weight excluding hydrogens is 369 g/mol. The van der Waals surface area contributed by atoms with Crippen LogP contribution >= 0.6 is 0 Å². The van der Waals surface area contributed by atoms with Crippen LogP contribution in [-0.2, 0) is 14.3 Å². The molecule has 0 saturated carbocycles. The van der Waals surface area contributed by atoms with Crippen LogP contribution in [0.2, 0.25) is 0 Å². The summed E-state index contributed by atoms with van der Waals surface area (Å²) in [4.78, 5) is 38.2. The first-order valence-electron chi connectivity index (χ1n) is 9.21. The zero-order chi connectivity index (χ0) is 20.4. The van der Waals surface area contributed by atoms with Crippen molar-refractivity contribution in [3.63, 3.8) is 0 Å². The van der Waals surface area contributed by atoms with Gasteiger partial charge in [-0.05, 0) is 18.2 Å². The number of benzene rings is 1. The molecule has 2 N–H and O–H groups in total. The summed E-state index contributed by atoms with van der Waals surface area (Å²) < 4.78 is 20.0. The van der Waals surface area contributed by atoms with Crippen molar-refractivity contribution in [1.82, 2.24) is 5.32 Å². The summed E-state index contributed by atoms with van der Waals surface area (Å²) in [6.45, 7) is 3.89. The van der Waals surface area contributed by atoms with Crippen molar-refractivity contribution < 1.29 is 28.6 Å². The number of aliphatic hydroxyl groups excluding tert-OH is 1. The number of ether oxygens (including phenoxy) is 1. The Morgan fingerprint density at radius 1 is 1.32 bits per heavy atom. The number of amides is 2. The van der Waals surface area contributed by atoms with Crippen LogP contribution in [0.5, 0.6) is 0 Å². The Bertz CT molecular complexity index is 787. The van der Waals surface area contributed by atoms with Gasteiger partial charge in [-0.2, -0.15) is 0 Å². The van der Waals surface area contributed by atoms with Gasteiger partial charge < -0.3 is 20.1 Å². The molecule has 2 amide bonds. The lowest BCUT2D eigenvalue weighted by atomic mass is 9.89. The number of piperidine rings is 1. The van der Waals surface area contributed by atoms with Crippen molar-refractivity contribution in [1.29, 1.82) is 0 Å². The van der Waals surface area contributed by atoms with Gasteiger partial charge in [-0.15, -0.1) is 0 Å². The van der Waals surface area contributed by atoms with E-state index in [0.717, 1.165) is 0 Å². The minimum atomic E-state index is -0.597. The number of cyclic esters (lactones) is 1. The predicted molar refractivity (Wildman–Crippen MR) is 99.7 cm³/mol. The van der Waals surface area contributed by atoms with Gasteiger partial charge in [-0.3, -0.25) is 14.5 Å². The maximum absolute atomic E-state index is 14.8. The molecule has 28 heavy (non-hydrogen) atoms. The highest BCUT2D eigenvalue weighted by Crippen LogP contribution is 2.30. The van der Waals surface area contributed by atoms with E-state index in [1.165, 1.54) is 17.9 Å². The fourth-order valence-electron chi connectivity index (χ4n) is 3.61. The molecule has 2 unspecified atom stereocenters. The number of nitrogens with zero attached hydrogens (tertiary/aromatic N) is 2. The van der Waals surface area contributed by atoms with E-state index in [0.29, 0.717) is 17.9 Å². The molecule has 0 aliphatic carbocycles. The molecule has 0 spiro atoms. The van der Waals surface area contributed by atoms with E-state index in [1.54, 1.807) is 24.0 Å². The Morgan fingerprint density at radius 2 is 2.07 bits per heavy atom. The monoisotopic (exact) mass is 393 g/mol. The van der Waals surface area contributed by atoms with Crippen molar-refractivity contribution in [2.75, 3.05) is 42.6 Å². The lowest BCUT2D eigenvalue weighted by Gasteiger charge is -2.36. The van der Waals surface area contributed by atoms with Crippen LogP contribution < -0.4 is 15.1 Å². The molecule has 1 aromatic rings. The summed E-state index contributed by atoms with van der Waals surface area (Å²) >= 11 is 0. The number of ketones is 1. The smallest absolute Gasteiger partial charge is 0.414 e. The maximum atomic E-state index is 14.8. The van der Waals surface area contributed by atoms with E-state index in [2.05, 4.69) is 5.32 Å². The van der Waals surface area contributed by atoms with Gasteiger partial charge in [0.2, 0.25) is 5.91 Å². The highest BCUT2D eigenvalue weighted by Gasteiger charge is 2.35. The Labute approximate surface area is 162 Å². The number of carbonyl (C=O) groups is 3. The van der Waals surface area contributed by atoms with E-state index in [4.69, 9.17) is 4.74 Å². The van der Waals surface area contributed by atoms with Crippen LogP contribution in [0.3, 0.4) is 0 Å². The van der Waals surface area contributed by atoms with Crippen LogP contribution in [0.1, 0.15) is 13.8 Å². The molecule has 0 aromatic heterocycles. The summed E-state index contributed by atoms with van der Waals surface area (Å²) in [6.07, 6.45) is -1.10. The van der Waals surface area contributed by atoms with Crippen LogP contribution in [0.25, 0.3) is 0 Å². The third kappa shape index (κ3) is 4.09. The molecule has 0 bridgehead atoms. The zero-order valence-electron chi connectivity index (χ0n) is 15.9. The summed E-state index contributed by atoms with van der Waals surface area (Å²) in [5.74, 6) is -1.59. The first-order chi connectivity index (χ1) is 13.3. The summed E-state index contributed by atoms with van der Waals surface area (Å²) in [5, 5.41) is 12.0. The lowest BCUT2D eigenvalue weighted by molar-refractivity contribution is -0.128. The van der Waals surface area contributed by atoms with Gasteiger partial charge in [0.1, 0.15) is 17.7 Å². The highest BCUT2D eigenvalue weighted by atomic mass is 19.1. The topological polar surface area (TPSA) is 99.2 Å². The molecule has 2 heterocycles. The predicted octanol–water partition coefficient (Wildman–Crippen LogP) is 0.921. The Kier molecular flexibility index (Phi) is 5.83. The summed E-state index contributed by atoms with van der Waals surface area (Å²) in [5.41, 5.74) is 0.681. The number of hydrogen-bond acceptors (Lipinski definition) is 6. The standard InChI is InChI=1S/C19H24FN3O5/c1-11-7-22(8-13(10-24)18(11)26)17-4-3-14(5-16(17)20)23-9-15(28-19(23)27)6-21-12(2)25/h3-5,11,13,15,24H,6-10H2,1-2H3,(H,21,25)/t11?,13?,15-/m0/s1. The average molecular weight is 393 g/mol. The quantitative estimate of drug-likeness (QED) is 0.772. The largest absolute Gasteiger partial charge is 0.442 e. The van der Waals surface area contributed by atoms with Crippen molar-refractivity contribution >= 4 is 29.2 Å². The van der Waals surface area contributed by atoms with Gasteiger partial charge in [0.25, 0.3) is 0 Å². The molecule has 1 aromatic carbocycles. The number of aliphatic hydroxyl groups is 1. The number of anilines is 2. The van der Waals surface area contributed by atoms with E-state index in [9.17, 15) is 23.9 Å². The number of carbonyl (C=O) groups excluding carboxylic acids is 3. The van der Waals surface area contributed by atoms with Crippen molar-refractivity contribution in [3.05, 3.63) is 24.0 Å². The lowest BCUT2D eigenvalue weighted by Crippen LogP contribution is -2.47. The Morgan fingerprint density at radius 3 is 2.71 bits per heavy atom. The fourth-order valence-corrected chi connectivity index (χ4v) is 3.61. The molecule has 8 nitrogen and oxygen atoms in total. The Hall–Kier alpha value is -2.68. The SMILES string of the molecule is CC(=O)NC[C@H]1CN(c2ccc(N3CC(C)C(=O)C(CO)C3)c(F)c2)C(=O)O1. The molecule has 3 atom stereocenters. The number of rotatable bonds is 5. The summed E-state index contributed by atoms with van der Waals surface area (Å²) in [7, 11) is 0. The number of halogens is 1. The van der Waals surface area contributed by atoms with Crippen LogP contribution in [-0.4, -0.2) is 61.8 Å².